The van der Waals surface area contributed by atoms with Gasteiger partial charge in [0.25, 0.3) is 5.91 Å². The van der Waals surface area contributed by atoms with Crippen molar-refractivity contribution in [2.45, 2.75) is 45.2 Å². The third kappa shape index (κ3) is 5.44. The molecule has 3 aliphatic rings. The summed E-state index contributed by atoms with van der Waals surface area (Å²) in [6.45, 7) is 6.34. The smallest absolute Gasteiger partial charge is 0.263 e. The van der Waals surface area contributed by atoms with Gasteiger partial charge < -0.3 is 19.7 Å². The molecule has 1 aliphatic carbocycles. The zero-order chi connectivity index (χ0) is 24.2. The Bertz CT molecular complexity index is 1160. The summed E-state index contributed by atoms with van der Waals surface area (Å²) in [5.41, 5.74) is 5.25. The average Bonchev–Trinajstić information content (AvgIpc) is 3.36. The molecule has 7 heteroatoms. The number of hydrogen-bond acceptors (Lipinski definition) is 6. The molecule has 35 heavy (non-hydrogen) atoms. The van der Waals surface area contributed by atoms with Crippen molar-refractivity contribution in [2.24, 2.45) is 0 Å². The van der Waals surface area contributed by atoms with Gasteiger partial charge in [0.05, 0.1) is 6.04 Å². The van der Waals surface area contributed by atoms with Gasteiger partial charge in [-0.3, -0.25) is 9.69 Å². The van der Waals surface area contributed by atoms with Crippen LogP contribution in [0.25, 0.3) is 0 Å². The van der Waals surface area contributed by atoms with E-state index < -0.39 is 0 Å². The summed E-state index contributed by atoms with van der Waals surface area (Å²) in [6, 6.07) is 14.5. The molecule has 2 heterocycles. The number of ether oxygens (including phenoxy) is 2. The maximum absolute atomic E-state index is 12.9. The molecule has 2 aromatic carbocycles. The van der Waals surface area contributed by atoms with Gasteiger partial charge in [0.1, 0.15) is 11.6 Å². The van der Waals surface area contributed by atoms with Crippen LogP contribution in [0.2, 0.25) is 0 Å². The first-order valence-corrected chi connectivity index (χ1v) is 12.5. The van der Waals surface area contributed by atoms with Crippen LogP contribution in [0, 0.1) is 11.3 Å². The predicted molar refractivity (Wildman–Crippen MR) is 133 cm³/mol. The van der Waals surface area contributed by atoms with Crippen molar-refractivity contribution in [1.82, 2.24) is 15.1 Å². The fourth-order valence-corrected chi connectivity index (χ4v) is 5.05. The normalized spacial score (nSPS) is 18.5. The summed E-state index contributed by atoms with van der Waals surface area (Å²) in [7, 11) is 0. The van der Waals surface area contributed by atoms with Gasteiger partial charge in [0, 0.05) is 38.9 Å². The van der Waals surface area contributed by atoms with Gasteiger partial charge in [-0.05, 0) is 67.0 Å². The van der Waals surface area contributed by atoms with Crippen molar-refractivity contribution in [3.05, 3.63) is 70.4 Å². The molecule has 1 saturated heterocycles. The van der Waals surface area contributed by atoms with Crippen LogP contribution in [0.1, 0.15) is 48.1 Å². The minimum absolute atomic E-state index is 0.148. The molecule has 1 unspecified atom stereocenters. The van der Waals surface area contributed by atoms with E-state index in [0.29, 0.717) is 0 Å². The summed E-state index contributed by atoms with van der Waals surface area (Å²) in [4.78, 5) is 17.3. The number of carbonyl (C=O) groups is 1. The van der Waals surface area contributed by atoms with Crippen LogP contribution in [-0.2, 0) is 24.2 Å². The molecule has 0 saturated carbocycles. The molecule has 0 bridgehead atoms. The number of carbonyl (C=O) groups excluding carboxylic acids is 1. The maximum Gasteiger partial charge on any atom is 0.263 e. The first kappa shape index (κ1) is 23.3. The van der Waals surface area contributed by atoms with Crippen LogP contribution in [0.3, 0.4) is 0 Å². The Morgan fingerprint density at radius 3 is 2.63 bits per heavy atom. The largest absolute Gasteiger partial charge is 0.454 e. The van der Waals surface area contributed by atoms with Crippen LogP contribution in [0.5, 0.6) is 11.5 Å². The van der Waals surface area contributed by atoms with Crippen molar-refractivity contribution >= 4 is 5.91 Å². The Hall–Kier alpha value is -3.50. The van der Waals surface area contributed by atoms with E-state index in [-0.39, 0.29) is 24.3 Å². The molecular weight excluding hydrogens is 440 g/mol. The number of amides is 1. The van der Waals surface area contributed by atoms with E-state index in [1.807, 2.05) is 19.1 Å². The molecule has 0 radical (unpaired) electrons. The lowest BCUT2D eigenvalue weighted by Crippen LogP contribution is -2.44. The zero-order valence-corrected chi connectivity index (χ0v) is 20.3. The number of nitrogens with zero attached hydrogens (tertiary/aromatic N) is 3. The fourth-order valence-electron chi connectivity index (χ4n) is 5.05. The van der Waals surface area contributed by atoms with Gasteiger partial charge >= 0.3 is 0 Å². The first-order valence-electron chi connectivity index (χ1n) is 12.5. The lowest BCUT2D eigenvalue weighted by molar-refractivity contribution is -0.117. The SMILES string of the molecule is CC(NC(=O)/C(C#N)=C\N1CCN(Cc2ccc3c(c2)OCO3)CC1)c1ccc2c(c1)CCCC2. The van der Waals surface area contributed by atoms with E-state index in [2.05, 4.69) is 45.5 Å². The molecule has 0 spiro atoms. The fraction of sp³-hybridized carbons (Fsp3) is 0.429. The summed E-state index contributed by atoms with van der Waals surface area (Å²) in [5.74, 6) is 1.28. The van der Waals surface area contributed by atoms with Crippen molar-refractivity contribution < 1.29 is 14.3 Å². The number of nitriles is 1. The Labute approximate surface area is 206 Å². The molecule has 1 fully saturated rings. The molecule has 2 aromatic rings. The Morgan fingerprint density at radius 2 is 1.83 bits per heavy atom. The van der Waals surface area contributed by atoms with E-state index in [4.69, 9.17) is 9.47 Å². The quantitative estimate of drug-likeness (QED) is 0.510. The van der Waals surface area contributed by atoms with Crippen LogP contribution in [0.4, 0.5) is 0 Å². The number of nitrogens with one attached hydrogen (secondary N) is 1. The van der Waals surface area contributed by atoms with Gasteiger partial charge in [-0.2, -0.15) is 5.26 Å². The van der Waals surface area contributed by atoms with Crippen LogP contribution >= 0.6 is 0 Å². The maximum atomic E-state index is 12.9. The van der Waals surface area contributed by atoms with Gasteiger partial charge in [-0.15, -0.1) is 0 Å². The molecule has 0 aromatic heterocycles. The second-order valence-corrected chi connectivity index (χ2v) is 9.58. The number of aryl methyl sites for hydroxylation is 2. The topological polar surface area (TPSA) is 77.8 Å². The molecule has 1 atom stereocenters. The lowest BCUT2D eigenvalue weighted by atomic mass is 9.89. The molecule has 1 N–H and O–H groups in total. The highest BCUT2D eigenvalue weighted by atomic mass is 16.7. The van der Waals surface area contributed by atoms with E-state index >= 15 is 0 Å². The molecule has 7 nitrogen and oxygen atoms in total. The lowest BCUT2D eigenvalue weighted by Gasteiger charge is -2.34. The highest BCUT2D eigenvalue weighted by Gasteiger charge is 2.21. The molecular formula is C28H32N4O3. The molecule has 2 aliphatic heterocycles. The molecule has 5 rings (SSSR count). The van der Waals surface area contributed by atoms with Crippen LogP contribution in [0.15, 0.2) is 48.2 Å². The van der Waals surface area contributed by atoms with E-state index in [1.54, 1.807) is 6.20 Å². The minimum atomic E-state index is -0.319. The van der Waals surface area contributed by atoms with Crippen molar-refractivity contribution in [3.63, 3.8) is 0 Å². The second-order valence-electron chi connectivity index (χ2n) is 9.58. The number of fused-ring (bicyclic) bond motifs is 2. The number of piperazine rings is 1. The van der Waals surface area contributed by atoms with Crippen LogP contribution < -0.4 is 14.8 Å². The number of rotatable bonds is 6. The highest BCUT2D eigenvalue weighted by molar-refractivity contribution is 5.97. The first-order chi connectivity index (χ1) is 17.1. The highest BCUT2D eigenvalue weighted by Crippen LogP contribution is 2.33. The van der Waals surface area contributed by atoms with Crippen molar-refractivity contribution in [2.75, 3.05) is 33.0 Å². The summed E-state index contributed by atoms with van der Waals surface area (Å²) >= 11 is 0. The molecule has 182 valence electrons. The van der Waals surface area contributed by atoms with Gasteiger partial charge in [0.15, 0.2) is 11.5 Å². The minimum Gasteiger partial charge on any atom is -0.454 e. The predicted octanol–water partition coefficient (Wildman–Crippen LogP) is 3.70. The summed E-state index contributed by atoms with van der Waals surface area (Å²) < 4.78 is 10.9. The number of hydrogen-bond donors (Lipinski definition) is 1. The number of benzene rings is 2. The zero-order valence-electron chi connectivity index (χ0n) is 20.3. The summed E-state index contributed by atoms with van der Waals surface area (Å²) in [6.07, 6.45) is 6.44. The average molecular weight is 473 g/mol. The third-order valence-corrected chi connectivity index (χ3v) is 7.15. The Kier molecular flexibility index (Phi) is 6.91. The Balaban J connectivity index is 1.14. The Morgan fingerprint density at radius 1 is 1.06 bits per heavy atom. The van der Waals surface area contributed by atoms with Gasteiger partial charge in [-0.1, -0.05) is 24.3 Å². The van der Waals surface area contributed by atoms with Crippen LogP contribution in [-0.4, -0.2) is 48.7 Å². The second kappa shape index (κ2) is 10.4. The van der Waals surface area contributed by atoms with E-state index in [9.17, 15) is 10.1 Å². The van der Waals surface area contributed by atoms with E-state index in [0.717, 1.165) is 62.6 Å². The summed E-state index contributed by atoms with van der Waals surface area (Å²) in [5, 5.41) is 12.7. The third-order valence-electron chi connectivity index (χ3n) is 7.15. The standard InChI is InChI=1S/C28H32N4O3/c1-20(23-8-7-22-4-2-3-5-24(22)15-23)30-28(33)25(16-29)18-32-12-10-31(11-13-32)17-21-6-9-26-27(14-21)35-19-34-26/h6-9,14-15,18,20H,2-5,10-13,17,19H2,1H3,(H,30,33)/b25-18-. The van der Waals surface area contributed by atoms with Gasteiger partial charge in [0.2, 0.25) is 6.79 Å². The van der Waals surface area contributed by atoms with Gasteiger partial charge in [-0.25, -0.2) is 0 Å². The monoisotopic (exact) mass is 472 g/mol. The van der Waals surface area contributed by atoms with Crippen molar-refractivity contribution in [3.8, 4) is 17.6 Å². The molecule has 1 amide bonds. The van der Waals surface area contributed by atoms with E-state index in [1.165, 1.54) is 29.5 Å². The van der Waals surface area contributed by atoms with Crippen molar-refractivity contribution in [1.29, 1.82) is 5.26 Å².